The number of hydrogen-bond acceptors (Lipinski definition) is 2. The van der Waals surface area contributed by atoms with Gasteiger partial charge in [0, 0.05) is 6.42 Å². The van der Waals surface area contributed by atoms with E-state index in [-0.39, 0.29) is 36.0 Å². The Morgan fingerprint density at radius 1 is 1.29 bits per heavy atom. The third kappa shape index (κ3) is 4.91. The van der Waals surface area contributed by atoms with E-state index in [2.05, 4.69) is 15.9 Å². The van der Waals surface area contributed by atoms with Gasteiger partial charge in [0.2, 0.25) is 0 Å². The molecule has 0 saturated heterocycles. The summed E-state index contributed by atoms with van der Waals surface area (Å²) < 4.78 is 29.0. The molecule has 0 fully saturated rings. The van der Waals surface area contributed by atoms with Gasteiger partial charge in [0.15, 0.2) is 0 Å². The van der Waals surface area contributed by atoms with Gasteiger partial charge in [-0.2, -0.15) is 8.42 Å². The van der Waals surface area contributed by atoms with Crippen LogP contribution in [0.1, 0.15) is 5.56 Å². The summed E-state index contributed by atoms with van der Waals surface area (Å²) in [6, 6.07) is 9.09. The number of halogens is 1. The molecule has 1 N–H and O–H groups in total. The van der Waals surface area contributed by atoms with Gasteiger partial charge in [-0.05, 0) is 5.56 Å². The van der Waals surface area contributed by atoms with Gasteiger partial charge in [-0.15, -0.1) is 0 Å². The van der Waals surface area contributed by atoms with Crippen LogP contribution in [-0.2, 0) is 16.5 Å². The van der Waals surface area contributed by atoms with Crippen LogP contribution < -0.4 is 0 Å². The van der Waals surface area contributed by atoms with Crippen LogP contribution in [0.3, 0.4) is 0 Å². The molecule has 0 aliphatic heterocycles. The zero-order valence-electron chi connectivity index (χ0n) is 6.72. The topological polar surface area (TPSA) is 54.4 Å². The normalized spacial score (nSPS) is 13.0. The molecule has 1 rings (SSSR count). The van der Waals surface area contributed by atoms with Crippen LogP contribution in [0.4, 0.5) is 0 Å². The van der Waals surface area contributed by atoms with Crippen molar-refractivity contribution in [2.24, 2.45) is 0 Å². The Hall–Kier alpha value is 0.610. The van der Waals surface area contributed by atoms with Gasteiger partial charge in [-0.3, -0.25) is 4.55 Å². The van der Waals surface area contributed by atoms with Crippen molar-refractivity contribution < 1.29 is 13.0 Å². The summed E-state index contributed by atoms with van der Waals surface area (Å²) in [5, 5.41) is 0. The fraction of sp³-hybridized carbons (Fsp3) is 0.250. The van der Waals surface area contributed by atoms with E-state index in [0.29, 0.717) is 0 Å². The zero-order chi connectivity index (χ0) is 9.90. The Morgan fingerprint density at radius 2 is 1.79 bits per heavy atom. The first-order chi connectivity index (χ1) is 6.00. The Morgan fingerprint density at radius 3 is 2.21 bits per heavy atom. The summed E-state index contributed by atoms with van der Waals surface area (Å²) in [6.45, 7) is 0. The Balaban J connectivity index is 0.00000169. The Labute approximate surface area is 114 Å². The van der Waals surface area contributed by atoms with Crippen molar-refractivity contribution in [2.45, 2.75) is 10.6 Å². The third-order valence-corrected chi connectivity index (χ3v) is 4.12. The van der Waals surface area contributed by atoms with Crippen molar-refractivity contribution in [3.8, 4) is 0 Å². The number of alkyl halides is 1. The number of hydrogen-bond donors (Lipinski definition) is 1. The van der Waals surface area contributed by atoms with Crippen molar-refractivity contribution >= 4 is 55.6 Å². The molecule has 0 amide bonds. The van der Waals surface area contributed by atoms with E-state index in [1.54, 1.807) is 12.1 Å². The molecule has 1 atom stereocenters. The summed E-state index contributed by atoms with van der Waals surface area (Å²) in [7, 11) is -3.98. The quantitative estimate of drug-likeness (QED) is 0.516. The predicted octanol–water partition coefficient (Wildman–Crippen LogP) is 1.19. The van der Waals surface area contributed by atoms with E-state index in [1.165, 1.54) is 0 Å². The second-order valence-corrected chi connectivity index (χ2v) is 5.93. The van der Waals surface area contributed by atoms with Crippen LogP contribution in [0.2, 0.25) is 0 Å². The van der Waals surface area contributed by atoms with Gasteiger partial charge in [0.1, 0.15) is 4.16 Å². The molecular formula is C8H10BrNaO3S. The van der Waals surface area contributed by atoms with Crippen molar-refractivity contribution in [2.75, 3.05) is 0 Å². The van der Waals surface area contributed by atoms with Gasteiger partial charge in [0.25, 0.3) is 10.1 Å². The SMILES string of the molecule is O=S(=O)(O)C(Br)Cc1ccccc1.[NaH]. The van der Waals surface area contributed by atoms with E-state index >= 15 is 0 Å². The molecule has 1 aromatic rings. The molecule has 0 aliphatic carbocycles. The van der Waals surface area contributed by atoms with Crippen LogP contribution >= 0.6 is 15.9 Å². The molecule has 1 aromatic carbocycles. The fourth-order valence-electron chi connectivity index (χ4n) is 0.905. The minimum atomic E-state index is -3.98. The molecule has 14 heavy (non-hydrogen) atoms. The van der Waals surface area contributed by atoms with Crippen LogP contribution in [0.15, 0.2) is 30.3 Å². The molecule has 0 radical (unpaired) electrons. The second kappa shape index (κ2) is 6.25. The zero-order valence-corrected chi connectivity index (χ0v) is 9.12. The first kappa shape index (κ1) is 14.6. The molecule has 0 saturated carbocycles. The third-order valence-electron chi connectivity index (χ3n) is 1.56. The van der Waals surface area contributed by atoms with E-state index in [4.69, 9.17) is 4.55 Å². The maximum absolute atomic E-state index is 10.6. The number of benzene rings is 1. The molecular weight excluding hydrogens is 279 g/mol. The van der Waals surface area contributed by atoms with E-state index in [9.17, 15) is 8.42 Å². The molecule has 0 aromatic heterocycles. The average molecular weight is 289 g/mol. The average Bonchev–Trinajstić information content (AvgIpc) is 2.04. The second-order valence-electron chi connectivity index (χ2n) is 2.61. The molecule has 74 valence electrons. The fourth-order valence-corrected chi connectivity index (χ4v) is 1.68. The van der Waals surface area contributed by atoms with Crippen LogP contribution in [0.5, 0.6) is 0 Å². The van der Waals surface area contributed by atoms with Crippen LogP contribution in [-0.4, -0.2) is 46.7 Å². The van der Waals surface area contributed by atoms with Gasteiger partial charge >= 0.3 is 29.6 Å². The molecule has 3 nitrogen and oxygen atoms in total. The first-order valence-corrected chi connectivity index (χ1v) is 6.06. The summed E-state index contributed by atoms with van der Waals surface area (Å²) in [5.74, 6) is 0. The summed E-state index contributed by atoms with van der Waals surface area (Å²) in [4.78, 5) is 0. The molecule has 1 unspecified atom stereocenters. The summed E-state index contributed by atoms with van der Waals surface area (Å²) >= 11 is 2.90. The van der Waals surface area contributed by atoms with Crippen molar-refractivity contribution in [1.29, 1.82) is 0 Å². The van der Waals surface area contributed by atoms with Crippen molar-refractivity contribution in [1.82, 2.24) is 0 Å². The Kier molecular flexibility index (Phi) is 6.52. The van der Waals surface area contributed by atoms with Crippen LogP contribution in [0.25, 0.3) is 0 Å². The summed E-state index contributed by atoms with van der Waals surface area (Å²) in [6.07, 6.45) is 0.264. The number of rotatable bonds is 3. The molecule has 0 heterocycles. The van der Waals surface area contributed by atoms with E-state index in [1.807, 2.05) is 18.2 Å². The van der Waals surface area contributed by atoms with Gasteiger partial charge in [0.05, 0.1) is 0 Å². The monoisotopic (exact) mass is 288 g/mol. The molecule has 6 heteroatoms. The molecule has 0 aliphatic rings. The predicted molar refractivity (Wildman–Crippen MR) is 61.6 cm³/mol. The van der Waals surface area contributed by atoms with Gasteiger partial charge < -0.3 is 0 Å². The van der Waals surface area contributed by atoms with Gasteiger partial charge in [-0.25, -0.2) is 0 Å². The first-order valence-electron chi connectivity index (χ1n) is 3.64. The maximum atomic E-state index is 10.6. The standard InChI is InChI=1S/C8H9BrO3S.Na.H/c9-8(13(10,11)12)6-7-4-2-1-3-5-7;;/h1-5,8H,6H2,(H,10,11,12);;. The Bertz CT molecular complexity index is 365. The van der Waals surface area contributed by atoms with Crippen molar-refractivity contribution in [3.05, 3.63) is 35.9 Å². The van der Waals surface area contributed by atoms with E-state index in [0.717, 1.165) is 5.56 Å². The molecule has 0 bridgehead atoms. The molecule has 0 spiro atoms. The minimum absolute atomic E-state index is 0. The summed E-state index contributed by atoms with van der Waals surface area (Å²) in [5.41, 5.74) is 0.863. The van der Waals surface area contributed by atoms with Gasteiger partial charge in [-0.1, -0.05) is 46.3 Å². The van der Waals surface area contributed by atoms with Crippen molar-refractivity contribution in [3.63, 3.8) is 0 Å². The van der Waals surface area contributed by atoms with E-state index < -0.39 is 14.3 Å². The van der Waals surface area contributed by atoms with Crippen LogP contribution in [0, 0.1) is 0 Å².